The van der Waals surface area contributed by atoms with Crippen molar-refractivity contribution in [3.8, 4) is 6.07 Å². The molecule has 0 unspecified atom stereocenters. The Hall–Kier alpha value is -2.07. The number of amides is 1. The highest BCUT2D eigenvalue weighted by Crippen LogP contribution is 2.29. The highest BCUT2D eigenvalue weighted by molar-refractivity contribution is 5.77. The van der Waals surface area contributed by atoms with Crippen LogP contribution in [0.15, 0.2) is 24.3 Å². The highest BCUT2D eigenvalue weighted by atomic mass is 19.4. The summed E-state index contributed by atoms with van der Waals surface area (Å²) in [7, 11) is 0. The number of carbonyl (C=O) groups is 1. The molecule has 1 saturated heterocycles. The van der Waals surface area contributed by atoms with Crippen LogP contribution in [-0.4, -0.2) is 29.7 Å². The van der Waals surface area contributed by atoms with E-state index in [0.717, 1.165) is 5.01 Å². The van der Waals surface area contributed by atoms with Gasteiger partial charge in [-0.1, -0.05) is 18.2 Å². The van der Waals surface area contributed by atoms with Crippen molar-refractivity contribution in [1.82, 2.24) is 10.4 Å². The van der Waals surface area contributed by atoms with Crippen LogP contribution in [0.3, 0.4) is 0 Å². The van der Waals surface area contributed by atoms with Crippen molar-refractivity contribution in [1.29, 1.82) is 5.26 Å². The first-order chi connectivity index (χ1) is 9.41. The van der Waals surface area contributed by atoms with E-state index >= 15 is 0 Å². The number of benzene rings is 1. The lowest BCUT2D eigenvalue weighted by Crippen LogP contribution is -2.51. The van der Waals surface area contributed by atoms with E-state index in [-0.39, 0.29) is 24.9 Å². The minimum Gasteiger partial charge on any atom is -0.288 e. The molecule has 0 aliphatic carbocycles. The first kappa shape index (κ1) is 14.3. The van der Waals surface area contributed by atoms with E-state index in [1.54, 1.807) is 12.1 Å². The molecule has 0 aromatic heterocycles. The van der Waals surface area contributed by atoms with Gasteiger partial charge >= 0.3 is 6.18 Å². The minimum absolute atomic E-state index is 0.0116. The summed E-state index contributed by atoms with van der Waals surface area (Å²) in [6, 6.07) is 6.21. The van der Waals surface area contributed by atoms with Gasteiger partial charge in [0.05, 0.1) is 11.6 Å². The van der Waals surface area contributed by atoms with Gasteiger partial charge in [0.2, 0.25) is 5.91 Å². The van der Waals surface area contributed by atoms with Crippen molar-refractivity contribution in [2.75, 3.05) is 6.54 Å². The zero-order chi connectivity index (χ0) is 14.8. The van der Waals surface area contributed by atoms with Gasteiger partial charge in [0.15, 0.2) is 0 Å². The van der Waals surface area contributed by atoms with Gasteiger partial charge < -0.3 is 0 Å². The van der Waals surface area contributed by atoms with Gasteiger partial charge in [-0.25, -0.2) is 5.01 Å². The summed E-state index contributed by atoms with van der Waals surface area (Å²) in [6.07, 6.45) is -4.81. The van der Waals surface area contributed by atoms with Crippen LogP contribution in [0, 0.1) is 11.3 Å². The molecule has 7 heteroatoms. The minimum atomic E-state index is -4.49. The second-order valence-electron chi connectivity index (χ2n) is 4.51. The summed E-state index contributed by atoms with van der Waals surface area (Å²) in [6.45, 7) is 0.0116. The summed E-state index contributed by atoms with van der Waals surface area (Å²) in [4.78, 5) is 11.1. The van der Waals surface area contributed by atoms with Crippen LogP contribution in [0.1, 0.15) is 17.5 Å². The van der Waals surface area contributed by atoms with E-state index < -0.39 is 18.1 Å². The second kappa shape index (κ2) is 5.51. The monoisotopic (exact) mass is 283 g/mol. The Labute approximate surface area is 113 Å². The van der Waals surface area contributed by atoms with Gasteiger partial charge in [-0.15, -0.1) is 0 Å². The van der Waals surface area contributed by atoms with Crippen molar-refractivity contribution in [3.63, 3.8) is 0 Å². The fraction of sp³-hybridized carbons (Fsp3) is 0.385. The number of nitriles is 1. The van der Waals surface area contributed by atoms with Crippen LogP contribution in [0.4, 0.5) is 13.2 Å². The number of alkyl halides is 3. The Morgan fingerprint density at radius 2 is 2.10 bits per heavy atom. The summed E-state index contributed by atoms with van der Waals surface area (Å²) in [5.41, 5.74) is 2.74. The molecule has 1 heterocycles. The molecule has 20 heavy (non-hydrogen) atoms. The molecule has 2 rings (SSSR count). The number of hydrogen-bond donors (Lipinski definition) is 1. The predicted octanol–water partition coefficient (Wildman–Crippen LogP) is 1.77. The van der Waals surface area contributed by atoms with Crippen LogP contribution in [0.5, 0.6) is 0 Å². The maximum atomic E-state index is 13.1. The lowest BCUT2D eigenvalue weighted by molar-refractivity contribution is -0.187. The van der Waals surface area contributed by atoms with Crippen LogP contribution in [0.2, 0.25) is 0 Å². The van der Waals surface area contributed by atoms with Crippen LogP contribution >= 0.6 is 0 Å². The van der Waals surface area contributed by atoms with E-state index in [4.69, 9.17) is 5.26 Å². The van der Waals surface area contributed by atoms with Crippen molar-refractivity contribution >= 4 is 5.91 Å². The SMILES string of the molecule is N#Cc1ccccc1C[C@H](N1CCC(=O)N1)C(F)(F)F. The Kier molecular flexibility index (Phi) is 3.95. The molecule has 1 aromatic carbocycles. The second-order valence-corrected chi connectivity index (χ2v) is 4.51. The molecule has 1 aliphatic heterocycles. The average molecular weight is 283 g/mol. The Morgan fingerprint density at radius 3 is 2.65 bits per heavy atom. The van der Waals surface area contributed by atoms with E-state index in [2.05, 4.69) is 5.43 Å². The van der Waals surface area contributed by atoms with Gasteiger partial charge in [-0.3, -0.25) is 10.2 Å². The van der Waals surface area contributed by atoms with E-state index in [1.165, 1.54) is 12.1 Å². The maximum Gasteiger partial charge on any atom is 0.406 e. The molecule has 0 saturated carbocycles. The fourth-order valence-electron chi connectivity index (χ4n) is 2.15. The zero-order valence-corrected chi connectivity index (χ0v) is 10.4. The lowest BCUT2D eigenvalue weighted by atomic mass is 10.0. The summed E-state index contributed by atoms with van der Waals surface area (Å²) >= 11 is 0. The quantitative estimate of drug-likeness (QED) is 0.919. The van der Waals surface area contributed by atoms with Crippen molar-refractivity contribution in [2.45, 2.75) is 25.1 Å². The first-order valence-corrected chi connectivity index (χ1v) is 6.02. The molecule has 106 valence electrons. The maximum absolute atomic E-state index is 13.1. The van der Waals surface area contributed by atoms with Crippen molar-refractivity contribution in [3.05, 3.63) is 35.4 Å². The third-order valence-corrected chi connectivity index (χ3v) is 3.15. The van der Waals surface area contributed by atoms with Crippen molar-refractivity contribution in [2.24, 2.45) is 0 Å². The van der Waals surface area contributed by atoms with Crippen LogP contribution in [0.25, 0.3) is 0 Å². The highest BCUT2D eigenvalue weighted by Gasteiger charge is 2.45. The number of hydrazine groups is 1. The molecular weight excluding hydrogens is 271 g/mol. The molecule has 0 radical (unpaired) electrons. The number of carbonyl (C=O) groups excluding carboxylic acids is 1. The molecule has 1 N–H and O–H groups in total. The average Bonchev–Trinajstić information content (AvgIpc) is 2.81. The molecule has 1 aliphatic rings. The van der Waals surface area contributed by atoms with Gasteiger partial charge in [0.1, 0.15) is 6.04 Å². The summed E-state index contributed by atoms with van der Waals surface area (Å²) < 4.78 is 39.4. The van der Waals surface area contributed by atoms with Gasteiger partial charge in [0.25, 0.3) is 0 Å². The van der Waals surface area contributed by atoms with Crippen LogP contribution < -0.4 is 5.43 Å². The topological polar surface area (TPSA) is 56.1 Å². The molecule has 4 nitrogen and oxygen atoms in total. The number of hydrogen-bond acceptors (Lipinski definition) is 3. The summed E-state index contributed by atoms with van der Waals surface area (Å²) in [5, 5.41) is 9.83. The zero-order valence-electron chi connectivity index (χ0n) is 10.4. The number of rotatable bonds is 3. The standard InChI is InChI=1S/C13H12F3N3O/c14-13(15,16)11(19-6-5-12(20)18-19)7-9-3-1-2-4-10(9)8-17/h1-4,11H,5-7H2,(H,18,20)/t11-/m0/s1. The number of nitrogens with zero attached hydrogens (tertiary/aromatic N) is 2. The molecule has 1 atom stereocenters. The Morgan fingerprint density at radius 1 is 1.40 bits per heavy atom. The summed E-state index contributed by atoms with van der Waals surface area (Å²) in [5.74, 6) is -0.423. The van der Waals surface area contributed by atoms with Crippen LogP contribution in [-0.2, 0) is 11.2 Å². The van der Waals surface area contributed by atoms with E-state index in [0.29, 0.717) is 5.56 Å². The molecular formula is C13H12F3N3O. The smallest absolute Gasteiger partial charge is 0.288 e. The number of halogens is 3. The van der Waals surface area contributed by atoms with Gasteiger partial charge in [0, 0.05) is 13.0 Å². The number of nitrogens with one attached hydrogen (secondary N) is 1. The normalized spacial score (nSPS) is 17.6. The molecule has 1 amide bonds. The molecule has 0 bridgehead atoms. The van der Waals surface area contributed by atoms with E-state index in [9.17, 15) is 18.0 Å². The largest absolute Gasteiger partial charge is 0.406 e. The Bertz CT molecular complexity index is 551. The van der Waals surface area contributed by atoms with Gasteiger partial charge in [-0.05, 0) is 18.1 Å². The van der Waals surface area contributed by atoms with Gasteiger partial charge in [-0.2, -0.15) is 18.4 Å². The van der Waals surface area contributed by atoms with E-state index in [1.807, 2.05) is 6.07 Å². The van der Waals surface area contributed by atoms with Crippen molar-refractivity contribution < 1.29 is 18.0 Å². The Balaban J connectivity index is 2.25. The fourth-order valence-corrected chi connectivity index (χ4v) is 2.15. The third-order valence-electron chi connectivity index (χ3n) is 3.15. The first-order valence-electron chi connectivity index (χ1n) is 6.02. The lowest BCUT2D eigenvalue weighted by Gasteiger charge is -2.29. The molecule has 0 spiro atoms. The molecule has 1 fully saturated rings. The molecule has 1 aromatic rings. The predicted molar refractivity (Wildman–Crippen MR) is 64.2 cm³/mol. The third kappa shape index (κ3) is 3.08.